The summed E-state index contributed by atoms with van der Waals surface area (Å²) in [5, 5.41) is 8.05. The number of hydrogen-bond donors (Lipinski definition) is 3. The van der Waals surface area contributed by atoms with E-state index in [0.717, 1.165) is 6.42 Å². The molecule has 0 aliphatic heterocycles. The van der Waals surface area contributed by atoms with Crippen molar-refractivity contribution in [3.63, 3.8) is 0 Å². The molecule has 1 aromatic rings. The lowest BCUT2D eigenvalue weighted by Crippen LogP contribution is -2.42. The molecule has 0 atom stereocenters. The van der Waals surface area contributed by atoms with Gasteiger partial charge in [0.25, 0.3) is 5.91 Å². The molecular weight excluding hydrogens is 329 g/mol. The van der Waals surface area contributed by atoms with E-state index in [4.69, 9.17) is 23.2 Å². The van der Waals surface area contributed by atoms with E-state index in [2.05, 4.69) is 16.0 Å². The molecule has 0 bridgehead atoms. The number of hydrogen-bond acceptors (Lipinski definition) is 3. The predicted octanol–water partition coefficient (Wildman–Crippen LogP) is 1.37. The molecule has 3 N–H and O–H groups in total. The Bertz CT molecular complexity index is 564. The van der Waals surface area contributed by atoms with E-state index >= 15 is 0 Å². The van der Waals surface area contributed by atoms with Crippen LogP contribution in [0.25, 0.3) is 0 Å². The van der Waals surface area contributed by atoms with Crippen LogP contribution in [0.1, 0.15) is 23.7 Å². The van der Waals surface area contributed by atoms with Gasteiger partial charge in [-0.25, -0.2) is 0 Å². The van der Waals surface area contributed by atoms with Crippen molar-refractivity contribution in [1.82, 2.24) is 16.0 Å². The SMILES string of the molecule is CCCNC(=O)CNC(=O)CNC(=O)c1ccc(Cl)c(Cl)c1. The zero-order valence-electron chi connectivity index (χ0n) is 12.0. The molecule has 0 spiro atoms. The average Bonchev–Trinajstić information content (AvgIpc) is 2.51. The van der Waals surface area contributed by atoms with Gasteiger partial charge in [0, 0.05) is 12.1 Å². The van der Waals surface area contributed by atoms with Gasteiger partial charge in [-0.15, -0.1) is 0 Å². The van der Waals surface area contributed by atoms with Crippen molar-refractivity contribution < 1.29 is 14.4 Å². The van der Waals surface area contributed by atoms with Crippen molar-refractivity contribution in [1.29, 1.82) is 0 Å². The summed E-state index contributed by atoms with van der Waals surface area (Å²) in [6.07, 6.45) is 0.819. The van der Waals surface area contributed by atoms with Crippen LogP contribution in [-0.2, 0) is 9.59 Å². The van der Waals surface area contributed by atoms with Gasteiger partial charge in [-0.2, -0.15) is 0 Å². The topological polar surface area (TPSA) is 87.3 Å². The molecule has 0 aliphatic rings. The van der Waals surface area contributed by atoms with E-state index in [9.17, 15) is 14.4 Å². The normalized spacial score (nSPS) is 9.95. The predicted molar refractivity (Wildman–Crippen MR) is 85.1 cm³/mol. The van der Waals surface area contributed by atoms with Gasteiger partial charge in [0.05, 0.1) is 23.1 Å². The second-order valence-electron chi connectivity index (χ2n) is 4.44. The van der Waals surface area contributed by atoms with E-state index in [1.54, 1.807) is 0 Å². The largest absolute Gasteiger partial charge is 0.355 e. The Balaban J connectivity index is 2.35. The lowest BCUT2D eigenvalue weighted by atomic mass is 10.2. The first-order valence-electron chi connectivity index (χ1n) is 6.70. The Morgan fingerprint density at radius 2 is 1.59 bits per heavy atom. The number of benzene rings is 1. The average molecular weight is 346 g/mol. The highest BCUT2D eigenvalue weighted by molar-refractivity contribution is 6.42. The second-order valence-corrected chi connectivity index (χ2v) is 5.25. The van der Waals surface area contributed by atoms with Crippen LogP contribution in [-0.4, -0.2) is 37.4 Å². The summed E-state index contributed by atoms with van der Waals surface area (Å²) >= 11 is 11.6. The van der Waals surface area contributed by atoms with Crippen molar-refractivity contribution in [3.05, 3.63) is 33.8 Å². The summed E-state index contributed by atoms with van der Waals surface area (Å²) in [7, 11) is 0. The maximum atomic E-state index is 11.8. The fraction of sp³-hybridized carbons (Fsp3) is 0.357. The number of nitrogens with one attached hydrogen (secondary N) is 3. The quantitative estimate of drug-likeness (QED) is 0.697. The molecule has 0 aromatic heterocycles. The minimum Gasteiger partial charge on any atom is -0.355 e. The van der Waals surface area contributed by atoms with E-state index in [0.29, 0.717) is 17.1 Å². The van der Waals surface area contributed by atoms with Crippen molar-refractivity contribution in [2.75, 3.05) is 19.6 Å². The fourth-order valence-electron chi connectivity index (χ4n) is 1.47. The van der Waals surface area contributed by atoms with Crippen LogP contribution in [0.15, 0.2) is 18.2 Å². The van der Waals surface area contributed by atoms with Crippen LogP contribution in [0.2, 0.25) is 10.0 Å². The highest BCUT2D eigenvalue weighted by Crippen LogP contribution is 2.22. The molecule has 0 aliphatic carbocycles. The molecule has 120 valence electrons. The summed E-state index contributed by atoms with van der Waals surface area (Å²) in [4.78, 5) is 34.6. The van der Waals surface area contributed by atoms with Gasteiger partial charge in [-0.05, 0) is 24.6 Å². The van der Waals surface area contributed by atoms with Crippen LogP contribution in [0.5, 0.6) is 0 Å². The smallest absolute Gasteiger partial charge is 0.251 e. The van der Waals surface area contributed by atoms with Gasteiger partial charge in [-0.3, -0.25) is 14.4 Å². The molecule has 3 amide bonds. The molecule has 1 rings (SSSR count). The molecule has 1 aromatic carbocycles. The van der Waals surface area contributed by atoms with Crippen molar-refractivity contribution >= 4 is 40.9 Å². The van der Waals surface area contributed by atoms with Gasteiger partial charge < -0.3 is 16.0 Å². The highest BCUT2D eigenvalue weighted by atomic mass is 35.5. The second kappa shape index (κ2) is 9.27. The summed E-state index contributed by atoms with van der Waals surface area (Å²) in [6.45, 7) is 2.13. The molecule has 0 unspecified atom stereocenters. The molecular formula is C14H17Cl2N3O3. The summed E-state index contributed by atoms with van der Waals surface area (Å²) in [5.74, 6) is -1.18. The minimum atomic E-state index is -0.458. The third-order valence-corrected chi connectivity index (χ3v) is 3.35. The molecule has 0 radical (unpaired) electrons. The Morgan fingerprint density at radius 3 is 2.23 bits per heavy atom. The first-order valence-corrected chi connectivity index (χ1v) is 7.46. The molecule has 6 nitrogen and oxygen atoms in total. The molecule has 0 heterocycles. The van der Waals surface area contributed by atoms with Crippen LogP contribution in [0, 0.1) is 0 Å². The molecule has 0 saturated carbocycles. The zero-order chi connectivity index (χ0) is 16.5. The van der Waals surface area contributed by atoms with E-state index in [-0.39, 0.29) is 24.0 Å². The molecule has 8 heteroatoms. The monoisotopic (exact) mass is 345 g/mol. The van der Waals surface area contributed by atoms with Crippen LogP contribution in [0.3, 0.4) is 0 Å². The third-order valence-electron chi connectivity index (χ3n) is 2.61. The number of carbonyl (C=O) groups excluding carboxylic acids is 3. The Hall–Kier alpha value is -1.79. The van der Waals surface area contributed by atoms with Crippen molar-refractivity contribution in [3.8, 4) is 0 Å². The molecule has 0 fully saturated rings. The van der Waals surface area contributed by atoms with Gasteiger partial charge in [-0.1, -0.05) is 30.1 Å². The maximum absolute atomic E-state index is 11.8. The van der Waals surface area contributed by atoms with E-state index in [1.165, 1.54) is 18.2 Å². The number of halogens is 2. The first-order chi connectivity index (χ1) is 10.4. The van der Waals surface area contributed by atoms with Gasteiger partial charge in [0.1, 0.15) is 0 Å². The Morgan fingerprint density at radius 1 is 0.955 bits per heavy atom. The Labute approximate surface area is 138 Å². The first kappa shape index (κ1) is 18.3. The maximum Gasteiger partial charge on any atom is 0.251 e. The summed E-state index contributed by atoms with van der Waals surface area (Å²) in [5.41, 5.74) is 0.294. The Kier molecular flexibility index (Phi) is 7.70. The van der Waals surface area contributed by atoms with Gasteiger partial charge in [0.15, 0.2) is 0 Å². The van der Waals surface area contributed by atoms with E-state index in [1.807, 2.05) is 6.92 Å². The number of rotatable bonds is 7. The third kappa shape index (κ3) is 6.32. The summed E-state index contributed by atoms with van der Waals surface area (Å²) < 4.78 is 0. The number of amides is 3. The lowest BCUT2D eigenvalue weighted by molar-refractivity contribution is -0.125. The van der Waals surface area contributed by atoms with Crippen LogP contribution >= 0.6 is 23.2 Å². The zero-order valence-corrected chi connectivity index (χ0v) is 13.6. The minimum absolute atomic E-state index is 0.124. The van der Waals surface area contributed by atoms with Crippen molar-refractivity contribution in [2.45, 2.75) is 13.3 Å². The number of carbonyl (C=O) groups is 3. The van der Waals surface area contributed by atoms with Crippen LogP contribution < -0.4 is 16.0 Å². The lowest BCUT2D eigenvalue weighted by Gasteiger charge is -2.08. The van der Waals surface area contributed by atoms with E-state index < -0.39 is 11.8 Å². The van der Waals surface area contributed by atoms with Crippen molar-refractivity contribution in [2.24, 2.45) is 0 Å². The standard InChI is InChI=1S/C14H17Cl2N3O3/c1-2-5-17-12(20)7-18-13(21)8-19-14(22)9-3-4-10(15)11(16)6-9/h3-4,6H,2,5,7-8H2,1H3,(H,17,20)(H,18,21)(H,19,22). The van der Waals surface area contributed by atoms with Crippen LogP contribution in [0.4, 0.5) is 0 Å². The van der Waals surface area contributed by atoms with Gasteiger partial charge >= 0.3 is 0 Å². The summed E-state index contributed by atoms with van der Waals surface area (Å²) in [6, 6.07) is 4.41. The van der Waals surface area contributed by atoms with Gasteiger partial charge in [0.2, 0.25) is 11.8 Å². The highest BCUT2D eigenvalue weighted by Gasteiger charge is 2.10. The fourth-order valence-corrected chi connectivity index (χ4v) is 1.77. The molecule has 0 saturated heterocycles. The molecule has 22 heavy (non-hydrogen) atoms.